The lowest BCUT2D eigenvalue weighted by Gasteiger charge is -2.38. The van der Waals surface area contributed by atoms with Crippen LogP contribution >= 0.6 is 0 Å². The molecule has 0 aromatic heterocycles. The van der Waals surface area contributed by atoms with E-state index >= 15 is 0 Å². The van der Waals surface area contributed by atoms with E-state index < -0.39 is 0 Å². The van der Waals surface area contributed by atoms with Gasteiger partial charge in [-0.05, 0) is 14.0 Å². The minimum Gasteiger partial charge on any atom is -0.468 e. The number of nitrogens with zero attached hydrogens (tertiary/aromatic N) is 5. The Bertz CT molecular complexity index is 518. The summed E-state index contributed by atoms with van der Waals surface area (Å²) in [6.07, 6.45) is -0.413. The van der Waals surface area contributed by atoms with Crippen molar-refractivity contribution in [3.63, 3.8) is 0 Å². The molecule has 0 N–H and O–H groups in total. The molecule has 9 nitrogen and oxygen atoms in total. The van der Waals surface area contributed by atoms with Gasteiger partial charge in [-0.25, -0.2) is 4.79 Å². The normalized spacial score (nSPS) is 29.1. The number of hydrogen-bond donors (Lipinski definition) is 0. The maximum atomic E-state index is 12.4. The Morgan fingerprint density at radius 1 is 1.04 bits per heavy atom. The average Bonchev–Trinajstić information content (AvgIpc) is 2.96. The van der Waals surface area contributed by atoms with E-state index in [1.807, 2.05) is 4.90 Å². The van der Waals surface area contributed by atoms with Gasteiger partial charge in [0.15, 0.2) is 6.23 Å². The van der Waals surface area contributed by atoms with Gasteiger partial charge in [0.1, 0.15) is 0 Å². The summed E-state index contributed by atoms with van der Waals surface area (Å²) in [5, 5.41) is 0. The summed E-state index contributed by atoms with van der Waals surface area (Å²) < 4.78 is 10.4. The first-order valence-electron chi connectivity index (χ1n) is 9.89. The van der Waals surface area contributed by atoms with Gasteiger partial charge in [0.2, 0.25) is 0 Å². The number of ether oxygens (including phenoxy) is 2. The molecule has 0 spiro atoms. The van der Waals surface area contributed by atoms with Crippen LogP contribution in [0.3, 0.4) is 0 Å². The molecule has 0 aliphatic carbocycles. The topological polar surface area (TPSA) is 68.8 Å². The van der Waals surface area contributed by atoms with Crippen molar-refractivity contribution < 1.29 is 19.1 Å². The molecule has 154 valence electrons. The number of cyclic esters (lactones) is 1. The average molecular weight is 383 g/mol. The van der Waals surface area contributed by atoms with Crippen LogP contribution in [0.15, 0.2) is 0 Å². The summed E-state index contributed by atoms with van der Waals surface area (Å²) in [6, 6.07) is 0.0390. The molecule has 3 aliphatic heterocycles. The summed E-state index contributed by atoms with van der Waals surface area (Å²) >= 11 is 0. The number of carbonyl (C=O) groups is 2. The van der Waals surface area contributed by atoms with Gasteiger partial charge in [-0.1, -0.05) is 0 Å². The van der Waals surface area contributed by atoms with Crippen LogP contribution in [0, 0.1) is 0 Å². The van der Waals surface area contributed by atoms with E-state index in [1.54, 1.807) is 0 Å². The molecule has 0 aromatic rings. The van der Waals surface area contributed by atoms with Crippen molar-refractivity contribution in [2.75, 3.05) is 86.1 Å². The minimum atomic E-state index is -0.210. The Hall–Kier alpha value is -1.42. The van der Waals surface area contributed by atoms with Crippen molar-refractivity contribution in [3.05, 3.63) is 0 Å². The quantitative estimate of drug-likeness (QED) is 0.552. The maximum absolute atomic E-state index is 12.4. The highest BCUT2D eigenvalue weighted by atomic mass is 16.6. The first-order valence-corrected chi connectivity index (χ1v) is 9.89. The number of rotatable bonds is 6. The highest BCUT2D eigenvalue weighted by Crippen LogP contribution is 2.23. The number of hydrogen-bond acceptors (Lipinski definition) is 8. The number of piperazine rings is 2. The monoisotopic (exact) mass is 383 g/mol. The molecule has 2 atom stereocenters. The second-order valence-corrected chi connectivity index (χ2v) is 7.74. The highest BCUT2D eigenvalue weighted by Gasteiger charge is 2.42. The standard InChI is InChI=1S/C18H33N5O4/c1-15-17(22-11-8-21(9-12-22)14-16(24)26-3)27-18(25)23(15)13-10-20-6-4-19(2)5-7-20/h15,17H,4-14H2,1-3H3. The third-order valence-electron chi connectivity index (χ3n) is 5.96. The fraction of sp³-hybridized carbons (Fsp3) is 0.889. The van der Waals surface area contributed by atoms with Crippen molar-refractivity contribution in [1.29, 1.82) is 0 Å². The van der Waals surface area contributed by atoms with E-state index in [2.05, 4.69) is 33.6 Å². The van der Waals surface area contributed by atoms with Crippen LogP contribution in [0.25, 0.3) is 0 Å². The molecular weight excluding hydrogens is 350 g/mol. The van der Waals surface area contributed by atoms with Crippen LogP contribution in [-0.2, 0) is 14.3 Å². The fourth-order valence-electron chi connectivity index (χ4n) is 4.01. The lowest BCUT2D eigenvalue weighted by atomic mass is 10.2. The SMILES string of the molecule is COC(=O)CN1CCN(C2OC(=O)N(CCN3CCN(C)CC3)C2C)CC1. The summed E-state index contributed by atoms with van der Waals surface area (Å²) in [5.41, 5.74) is 0. The van der Waals surface area contributed by atoms with Crippen LogP contribution in [0.2, 0.25) is 0 Å². The number of amides is 1. The van der Waals surface area contributed by atoms with Gasteiger partial charge >= 0.3 is 12.1 Å². The van der Waals surface area contributed by atoms with Gasteiger partial charge in [-0.2, -0.15) is 0 Å². The summed E-state index contributed by atoms with van der Waals surface area (Å²) in [5.74, 6) is -0.209. The third-order valence-corrected chi connectivity index (χ3v) is 5.96. The number of carbonyl (C=O) groups excluding carboxylic acids is 2. The zero-order valence-corrected chi connectivity index (χ0v) is 16.8. The lowest BCUT2D eigenvalue weighted by molar-refractivity contribution is -0.142. The molecule has 27 heavy (non-hydrogen) atoms. The van der Waals surface area contributed by atoms with Gasteiger partial charge in [-0.15, -0.1) is 0 Å². The van der Waals surface area contributed by atoms with Crippen LogP contribution < -0.4 is 0 Å². The predicted octanol–water partition coefficient (Wildman–Crippen LogP) is -0.809. The molecule has 1 amide bonds. The van der Waals surface area contributed by atoms with Crippen molar-refractivity contribution in [3.8, 4) is 0 Å². The van der Waals surface area contributed by atoms with E-state index in [1.165, 1.54) is 7.11 Å². The van der Waals surface area contributed by atoms with Gasteiger partial charge in [-0.3, -0.25) is 24.4 Å². The van der Waals surface area contributed by atoms with E-state index in [0.29, 0.717) is 13.1 Å². The van der Waals surface area contributed by atoms with E-state index in [4.69, 9.17) is 9.47 Å². The van der Waals surface area contributed by atoms with Crippen molar-refractivity contribution in [2.45, 2.75) is 19.2 Å². The van der Waals surface area contributed by atoms with Crippen molar-refractivity contribution in [2.24, 2.45) is 0 Å². The summed E-state index contributed by atoms with van der Waals surface area (Å²) in [6.45, 7) is 11.4. The van der Waals surface area contributed by atoms with Gasteiger partial charge in [0.25, 0.3) is 0 Å². The second-order valence-electron chi connectivity index (χ2n) is 7.74. The van der Waals surface area contributed by atoms with E-state index in [0.717, 1.165) is 58.9 Å². The Morgan fingerprint density at radius 3 is 2.30 bits per heavy atom. The molecule has 0 radical (unpaired) electrons. The molecule has 2 unspecified atom stereocenters. The first kappa shape index (κ1) is 20.3. The van der Waals surface area contributed by atoms with Crippen molar-refractivity contribution in [1.82, 2.24) is 24.5 Å². The van der Waals surface area contributed by atoms with Gasteiger partial charge in [0, 0.05) is 65.4 Å². The predicted molar refractivity (Wildman–Crippen MR) is 100 cm³/mol. The molecule has 3 saturated heterocycles. The molecule has 3 heterocycles. The van der Waals surface area contributed by atoms with Crippen LogP contribution in [0.5, 0.6) is 0 Å². The zero-order valence-electron chi connectivity index (χ0n) is 16.8. The number of methoxy groups -OCH3 is 1. The smallest absolute Gasteiger partial charge is 0.411 e. The third kappa shape index (κ3) is 5.10. The Balaban J connectivity index is 1.45. The van der Waals surface area contributed by atoms with Gasteiger partial charge < -0.3 is 14.4 Å². The highest BCUT2D eigenvalue weighted by molar-refractivity contribution is 5.71. The number of esters is 1. The first-order chi connectivity index (χ1) is 13.0. The zero-order chi connectivity index (χ0) is 19.4. The molecule has 0 aromatic carbocycles. The molecule has 0 bridgehead atoms. The summed E-state index contributed by atoms with van der Waals surface area (Å²) in [7, 11) is 3.56. The van der Waals surface area contributed by atoms with Crippen LogP contribution in [-0.4, -0.2) is 135 Å². The minimum absolute atomic E-state index is 0.0390. The lowest BCUT2D eigenvalue weighted by Crippen LogP contribution is -2.54. The molecule has 3 fully saturated rings. The molecular formula is C18H33N5O4. The Kier molecular flexibility index (Phi) is 6.91. The Labute approximate surface area is 161 Å². The van der Waals surface area contributed by atoms with Crippen LogP contribution in [0.1, 0.15) is 6.92 Å². The van der Waals surface area contributed by atoms with Gasteiger partial charge in [0.05, 0.1) is 19.7 Å². The maximum Gasteiger partial charge on any atom is 0.411 e. The molecule has 0 saturated carbocycles. The Morgan fingerprint density at radius 2 is 1.67 bits per heavy atom. The van der Waals surface area contributed by atoms with E-state index in [-0.39, 0.29) is 24.3 Å². The van der Waals surface area contributed by atoms with Crippen molar-refractivity contribution >= 4 is 12.1 Å². The van der Waals surface area contributed by atoms with Crippen LogP contribution in [0.4, 0.5) is 4.79 Å². The number of likely N-dealkylation sites (N-methyl/N-ethyl adjacent to an activating group) is 1. The largest absolute Gasteiger partial charge is 0.468 e. The van der Waals surface area contributed by atoms with E-state index in [9.17, 15) is 9.59 Å². The fourth-order valence-corrected chi connectivity index (χ4v) is 4.01. The molecule has 3 rings (SSSR count). The summed E-state index contributed by atoms with van der Waals surface area (Å²) in [4.78, 5) is 34.7. The molecule has 9 heteroatoms. The second kappa shape index (κ2) is 9.18. The molecule has 3 aliphatic rings.